The molecule has 0 saturated carbocycles. The normalized spacial score (nSPS) is 12.9. The number of imidazole rings is 1. The number of alkyl halides is 2. The first kappa shape index (κ1) is 19.9. The van der Waals surface area contributed by atoms with Crippen molar-refractivity contribution in [1.29, 1.82) is 0 Å². The van der Waals surface area contributed by atoms with Gasteiger partial charge in [-0.1, -0.05) is 12.1 Å². The number of benzene rings is 1. The number of hydrogen-bond donors (Lipinski definition) is 1. The molecular formula is C21H22F2N6O. The van der Waals surface area contributed by atoms with Gasteiger partial charge in [0, 0.05) is 11.7 Å². The molecule has 0 spiro atoms. The van der Waals surface area contributed by atoms with E-state index in [4.69, 9.17) is 4.98 Å². The van der Waals surface area contributed by atoms with Crippen LogP contribution in [-0.4, -0.2) is 30.1 Å². The maximum atomic E-state index is 13.3. The topological polar surface area (TPSA) is 77.1 Å². The average Bonchev–Trinajstić information content (AvgIpc) is 3.28. The Hall–Kier alpha value is -3.36. The van der Waals surface area contributed by atoms with E-state index in [0.717, 1.165) is 15.5 Å². The molecule has 9 heteroatoms. The number of carbonyl (C=O) groups excluding carboxylic acids is 1. The standard InChI is InChI=1S/C21H22F2N6O/c1-11(2)28-16-8-6-5-7-15(16)27-19(28)13(4)26-21(30)14-10-24-29-17(18(22)23)9-12(3)25-20(14)29/h5-11,13,18H,1-4H3,(H,26,30)/t13-/m1/s1. The third kappa shape index (κ3) is 3.30. The highest BCUT2D eigenvalue weighted by molar-refractivity contribution is 5.99. The predicted octanol–water partition coefficient (Wildman–Crippen LogP) is 4.40. The van der Waals surface area contributed by atoms with E-state index in [1.54, 1.807) is 6.92 Å². The van der Waals surface area contributed by atoms with Crippen molar-refractivity contribution in [3.05, 3.63) is 59.3 Å². The van der Waals surface area contributed by atoms with Crippen LogP contribution in [0.4, 0.5) is 8.78 Å². The molecule has 1 atom stereocenters. The molecular weight excluding hydrogens is 390 g/mol. The number of rotatable bonds is 5. The van der Waals surface area contributed by atoms with Gasteiger partial charge in [0.1, 0.15) is 17.1 Å². The Morgan fingerprint density at radius 1 is 1.13 bits per heavy atom. The van der Waals surface area contributed by atoms with E-state index in [0.29, 0.717) is 11.5 Å². The zero-order valence-electron chi connectivity index (χ0n) is 17.1. The average molecular weight is 412 g/mol. The highest BCUT2D eigenvalue weighted by Crippen LogP contribution is 2.26. The highest BCUT2D eigenvalue weighted by Gasteiger charge is 2.24. The second kappa shape index (κ2) is 7.47. The Labute approximate surface area is 171 Å². The first-order valence-corrected chi connectivity index (χ1v) is 9.69. The molecule has 1 N–H and O–H groups in total. The van der Waals surface area contributed by atoms with Crippen molar-refractivity contribution in [3.8, 4) is 0 Å². The summed E-state index contributed by atoms with van der Waals surface area (Å²) in [6.07, 6.45) is -1.46. The van der Waals surface area contributed by atoms with Crippen molar-refractivity contribution >= 4 is 22.6 Å². The van der Waals surface area contributed by atoms with Crippen LogP contribution in [0, 0.1) is 6.92 Å². The van der Waals surface area contributed by atoms with E-state index in [-0.39, 0.29) is 22.9 Å². The van der Waals surface area contributed by atoms with Crippen molar-refractivity contribution in [3.63, 3.8) is 0 Å². The lowest BCUT2D eigenvalue weighted by Gasteiger charge is -2.18. The fourth-order valence-corrected chi connectivity index (χ4v) is 3.68. The third-order valence-corrected chi connectivity index (χ3v) is 4.97. The van der Waals surface area contributed by atoms with Gasteiger partial charge in [-0.2, -0.15) is 5.10 Å². The molecule has 1 amide bonds. The lowest BCUT2D eigenvalue weighted by molar-refractivity contribution is 0.0938. The molecule has 156 valence electrons. The van der Waals surface area contributed by atoms with E-state index in [1.165, 1.54) is 12.3 Å². The van der Waals surface area contributed by atoms with Crippen molar-refractivity contribution in [2.45, 2.75) is 46.2 Å². The molecule has 1 aromatic carbocycles. The van der Waals surface area contributed by atoms with Gasteiger partial charge in [0.2, 0.25) is 0 Å². The summed E-state index contributed by atoms with van der Waals surface area (Å²) in [4.78, 5) is 21.9. The van der Waals surface area contributed by atoms with Gasteiger partial charge in [0.15, 0.2) is 5.65 Å². The zero-order valence-corrected chi connectivity index (χ0v) is 17.1. The van der Waals surface area contributed by atoms with Crippen LogP contribution < -0.4 is 5.32 Å². The van der Waals surface area contributed by atoms with Gasteiger partial charge in [0.25, 0.3) is 12.3 Å². The minimum absolute atomic E-state index is 0.104. The fraction of sp³-hybridized carbons (Fsp3) is 0.333. The molecule has 0 unspecified atom stereocenters. The van der Waals surface area contributed by atoms with Crippen molar-refractivity contribution in [2.75, 3.05) is 0 Å². The first-order valence-electron chi connectivity index (χ1n) is 9.69. The van der Waals surface area contributed by atoms with Crippen LogP contribution in [0.1, 0.15) is 66.9 Å². The van der Waals surface area contributed by atoms with Crippen LogP contribution in [0.2, 0.25) is 0 Å². The van der Waals surface area contributed by atoms with E-state index in [1.807, 2.05) is 31.2 Å². The van der Waals surface area contributed by atoms with Crippen LogP contribution in [0.25, 0.3) is 16.7 Å². The first-order chi connectivity index (χ1) is 14.3. The molecule has 0 aliphatic rings. The molecule has 30 heavy (non-hydrogen) atoms. The smallest absolute Gasteiger partial charge is 0.280 e. The molecule has 3 heterocycles. The number of nitrogens with one attached hydrogen (secondary N) is 1. The zero-order chi connectivity index (χ0) is 21.6. The Morgan fingerprint density at radius 2 is 1.87 bits per heavy atom. The fourth-order valence-electron chi connectivity index (χ4n) is 3.68. The van der Waals surface area contributed by atoms with E-state index in [9.17, 15) is 13.6 Å². The van der Waals surface area contributed by atoms with Crippen molar-refractivity contribution < 1.29 is 13.6 Å². The molecule has 0 saturated heterocycles. The minimum atomic E-state index is -2.73. The molecule has 0 radical (unpaired) electrons. The summed E-state index contributed by atoms with van der Waals surface area (Å²) < 4.78 is 29.8. The molecule has 0 aliphatic heterocycles. The number of nitrogens with zero attached hydrogens (tertiary/aromatic N) is 5. The van der Waals surface area contributed by atoms with E-state index < -0.39 is 18.4 Å². The number of aromatic nitrogens is 5. The molecule has 4 aromatic rings. The maximum Gasteiger partial charge on any atom is 0.280 e. The van der Waals surface area contributed by atoms with Crippen LogP contribution in [0.3, 0.4) is 0 Å². The quantitative estimate of drug-likeness (QED) is 0.527. The Balaban J connectivity index is 1.70. The van der Waals surface area contributed by atoms with E-state index >= 15 is 0 Å². The van der Waals surface area contributed by atoms with Gasteiger partial charge < -0.3 is 9.88 Å². The second-order valence-electron chi connectivity index (χ2n) is 7.53. The van der Waals surface area contributed by atoms with E-state index in [2.05, 4.69) is 33.8 Å². The van der Waals surface area contributed by atoms with Gasteiger partial charge in [0.05, 0.1) is 23.3 Å². The lowest BCUT2D eigenvalue weighted by atomic mass is 10.2. The number of carbonyl (C=O) groups is 1. The SMILES string of the molecule is Cc1cc(C(F)F)n2ncc(C(=O)N[C@H](C)c3nc4ccccc4n3C(C)C)c2n1. The van der Waals surface area contributed by atoms with Crippen molar-refractivity contribution in [2.24, 2.45) is 0 Å². The number of halogens is 2. The summed E-state index contributed by atoms with van der Waals surface area (Å²) in [5.41, 5.74) is 2.16. The molecule has 0 bridgehead atoms. The van der Waals surface area contributed by atoms with Crippen LogP contribution in [0.15, 0.2) is 36.5 Å². The number of fused-ring (bicyclic) bond motifs is 2. The molecule has 4 rings (SSSR count). The number of hydrogen-bond acceptors (Lipinski definition) is 4. The maximum absolute atomic E-state index is 13.3. The summed E-state index contributed by atoms with van der Waals surface area (Å²) in [5.74, 6) is 0.270. The summed E-state index contributed by atoms with van der Waals surface area (Å²) >= 11 is 0. The Bertz CT molecular complexity index is 1240. The summed E-state index contributed by atoms with van der Waals surface area (Å²) in [7, 11) is 0. The molecule has 0 fully saturated rings. The monoisotopic (exact) mass is 412 g/mol. The Morgan fingerprint density at radius 3 is 2.57 bits per heavy atom. The number of aryl methyl sites for hydroxylation is 1. The van der Waals surface area contributed by atoms with Gasteiger partial charge >= 0.3 is 0 Å². The largest absolute Gasteiger partial charge is 0.342 e. The van der Waals surface area contributed by atoms with Crippen molar-refractivity contribution in [1.82, 2.24) is 29.5 Å². The lowest BCUT2D eigenvalue weighted by Crippen LogP contribution is -2.29. The van der Waals surface area contributed by atoms with Crippen LogP contribution in [0.5, 0.6) is 0 Å². The Kier molecular flexibility index (Phi) is 4.97. The summed E-state index contributed by atoms with van der Waals surface area (Å²) in [6.45, 7) is 7.55. The molecule has 3 aromatic heterocycles. The van der Waals surface area contributed by atoms with Crippen LogP contribution in [-0.2, 0) is 0 Å². The second-order valence-corrected chi connectivity index (χ2v) is 7.53. The summed E-state index contributed by atoms with van der Waals surface area (Å²) in [5, 5.41) is 6.87. The third-order valence-electron chi connectivity index (χ3n) is 4.97. The minimum Gasteiger partial charge on any atom is -0.342 e. The highest BCUT2D eigenvalue weighted by atomic mass is 19.3. The van der Waals surface area contributed by atoms with Gasteiger partial charge in [-0.15, -0.1) is 0 Å². The predicted molar refractivity (Wildman–Crippen MR) is 109 cm³/mol. The summed E-state index contributed by atoms with van der Waals surface area (Å²) in [6, 6.07) is 8.77. The van der Waals surface area contributed by atoms with Gasteiger partial charge in [-0.05, 0) is 45.9 Å². The molecule has 0 aliphatic carbocycles. The molecule has 7 nitrogen and oxygen atoms in total. The van der Waals surface area contributed by atoms with Crippen LogP contribution >= 0.6 is 0 Å². The van der Waals surface area contributed by atoms with Gasteiger partial charge in [-0.25, -0.2) is 23.3 Å². The number of para-hydroxylation sites is 2. The van der Waals surface area contributed by atoms with Gasteiger partial charge in [-0.3, -0.25) is 4.79 Å². The number of amides is 1.